The third-order valence-corrected chi connectivity index (χ3v) is 9.61. The molecule has 0 heterocycles. The second-order valence-electron chi connectivity index (χ2n) is 10.9. The third kappa shape index (κ3) is 8.89. The molecule has 0 unspecified atom stereocenters. The lowest BCUT2D eigenvalue weighted by Crippen LogP contribution is -2.54. The molecule has 4 rings (SSSR count). The van der Waals surface area contributed by atoms with Gasteiger partial charge in [0, 0.05) is 24.0 Å². The van der Waals surface area contributed by atoms with Gasteiger partial charge in [0.05, 0.1) is 17.2 Å². The highest BCUT2D eigenvalue weighted by Crippen LogP contribution is 2.33. The quantitative estimate of drug-likeness (QED) is 0.157. The van der Waals surface area contributed by atoms with Crippen molar-refractivity contribution in [2.75, 3.05) is 17.5 Å². The maximum atomic E-state index is 14.6. The van der Waals surface area contributed by atoms with Crippen molar-refractivity contribution in [2.45, 2.75) is 57.1 Å². The van der Waals surface area contributed by atoms with Crippen LogP contribution in [-0.2, 0) is 32.6 Å². The summed E-state index contributed by atoms with van der Waals surface area (Å²) in [6.45, 7) is 5.47. The third-order valence-electron chi connectivity index (χ3n) is 7.58. The van der Waals surface area contributed by atoms with E-state index in [0.717, 1.165) is 15.4 Å². The van der Waals surface area contributed by atoms with E-state index < -0.39 is 28.5 Å². The summed E-state index contributed by atoms with van der Waals surface area (Å²) < 4.78 is 35.4. The van der Waals surface area contributed by atoms with Gasteiger partial charge in [-0.2, -0.15) is 0 Å². The number of nitrogens with one attached hydrogen (secondary N) is 1. The molecular weight excluding hydrogens is 622 g/mol. The number of rotatable bonds is 15. The molecule has 0 saturated carbocycles. The maximum Gasteiger partial charge on any atom is 0.264 e. The molecule has 10 heteroatoms. The van der Waals surface area contributed by atoms with Gasteiger partial charge in [-0.25, -0.2) is 8.42 Å². The van der Waals surface area contributed by atoms with Crippen LogP contribution in [0.4, 0.5) is 5.69 Å². The van der Waals surface area contributed by atoms with Gasteiger partial charge in [-0.15, -0.1) is 0 Å². The number of nitrogens with zero attached hydrogens (tertiary/aromatic N) is 2. The summed E-state index contributed by atoms with van der Waals surface area (Å²) >= 11 is 6.08. The van der Waals surface area contributed by atoms with Crippen molar-refractivity contribution in [2.24, 2.45) is 0 Å². The zero-order valence-electron chi connectivity index (χ0n) is 26.3. The smallest absolute Gasteiger partial charge is 0.264 e. The highest BCUT2D eigenvalue weighted by molar-refractivity contribution is 7.92. The Hall–Kier alpha value is -4.34. The van der Waals surface area contributed by atoms with Gasteiger partial charge < -0.3 is 15.0 Å². The molecule has 8 nitrogen and oxygen atoms in total. The van der Waals surface area contributed by atoms with E-state index >= 15 is 0 Å². The highest BCUT2D eigenvalue weighted by Gasteiger charge is 2.35. The van der Waals surface area contributed by atoms with E-state index in [0.29, 0.717) is 17.2 Å². The Kier molecular flexibility index (Phi) is 12.2. The summed E-state index contributed by atoms with van der Waals surface area (Å²) in [7, 11) is -4.29. The molecular formula is C36H40ClN3O5S. The SMILES string of the molecule is CCOc1ccccc1N(CC(=O)N(Cc1ccccc1)[C@H](Cc1ccccc1)C(=O)N[C@H](C)CC)S(=O)(=O)c1ccc(Cl)cc1. The largest absolute Gasteiger partial charge is 0.492 e. The minimum Gasteiger partial charge on any atom is -0.492 e. The Morgan fingerprint density at radius 2 is 1.41 bits per heavy atom. The Morgan fingerprint density at radius 1 is 0.826 bits per heavy atom. The first-order chi connectivity index (χ1) is 22.1. The number of ether oxygens (including phenoxy) is 1. The fourth-order valence-electron chi connectivity index (χ4n) is 4.96. The molecule has 2 atom stereocenters. The van der Waals surface area contributed by atoms with Gasteiger partial charge in [0.2, 0.25) is 11.8 Å². The van der Waals surface area contributed by atoms with Crippen LogP contribution in [0, 0.1) is 0 Å². The zero-order valence-corrected chi connectivity index (χ0v) is 27.9. The molecule has 0 radical (unpaired) electrons. The van der Waals surface area contributed by atoms with Gasteiger partial charge in [-0.3, -0.25) is 13.9 Å². The van der Waals surface area contributed by atoms with E-state index in [2.05, 4.69) is 5.32 Å². The second kappa shape index (κ2) is 16.3. The Balaban J connectivity index is 1.83. The molecule has 0 bridgehead atoms. The van der Waals surface area contributed by atoms with E-state index in [9.17, 15) is 18.0 Å². The molecule has 4 aromatic rings. The van der Waals surface area contributed by atoms with Crippen LogP contribution in [0.2, 0.25) is 5.02 Å². The first-order valence-corrected chi connectivity index (χ1v) is 17.1. The van der Waals surface area contributed by atoms with Crippen molar-refractivity contribution in [1.29, 1.82) is 0 Å². The Morgan fingerprint density at radius 3 is 2.02 bits per heavy atom. The molecule has 0 aliphatic rings. The monoisotopic (exact) mass is 661 g/mol. The van der Waals surface area contributed by atoms with Crippen molar-refractivity contribution in [1.82, 2.24) is 10.2 Å². The Bertz CT molecular complexity index is 1690. The van der Waals surface area contributed by atoms with E-state index in [-0.39, 0.29) is 42.1 Å². The normalized spacial score (nSPS) is 12.5. The number of carbonyl (C=O) groups excluding carboxylic acids is 2. The molecule has 4 aromatic carbocycles. The van der Waals surface area contributed by atoms with Crippen LogP contribution in [0.15, 0.2) is 114 Å². The van der Waals surface area contributed by atoms with E-state index in [1.165, 1.54) is 29.2 Å². The maximum absolute atomic E-state index is 14.6. The summed E-state index contributed by atoms with van der Waals surface area (Å²) in [6.07, 6.45) is 0.943. The van der Waals surface area contributed by atoms with Crippen molar-refractivity contribution in [3.63, 3.8) is 0 Å². The van der Waals surface area contributed by atoms with E-state index in [1.807, 2.05) is 74.5 Å². The molecule has 0 spiro atoms. The standard InChI is InChI=1S/C36H40ClN3O5S/c1-4-27(3)38-36(42)33(24-28-14-8-6-9-15-28)39(25-29-16-10-7-11-17-29)35(41)26-40(32-18-12-13-19-34(32)45-5-2)46(43,44)31-22-20-30(37)21-23-31/h6-23,27,33H,4-5,24-26H2,1-3H3,(H,38,42)/t27-,33-/m1/s1. The van der Waals surface area contributed by atoms with Crippen molar-refractivity contribution in [3.05, 3.63) is 125 Å². The number of amides is 2. The van der Waals surface area contributed by atoms with Gasteiger partial charge >= 0.3 is 0 Å². The molecule has 0 aliphatic heterocycles. The molecule has 0 saturated heterocycles. The van der Waals surface area contributed by atoms with Gasteiger partial charge in [0.25, 0.3) is 10.0 Å². The average Bonchev–Trinajstić information content (AvgIpc) is 3.06. The summed E-state index contributed by atoms with van der Waals surface area (Å²) in [5.41, 5.74) is 1.87. The van der Waals surface area contributed by atoms with Crippen LogP contribution in [-0.4, -0.2) is 50.4 Å². The summed E-state index contributed by atoms with van der Waals surface area (Å²) in [6, 6.07) is 30.2. The molecule has 0 fully saturated rings. The van der Waals surface area contributed by atoms with Gasteiger partial charge in [0.15, 0.2) is 0 Å². The van der Waals surface area contributed by atoms with E-state index in [1.54, 1.807) is 31.2 Å². The summed E-state index contributed by atoms with van der Waals surface area (Å²) in [5, 5.41) is 3.42. The number of carbonyl (C=O) groups is 2. The van der Waals surface area contributed by atoms with Crippen LogP contribution in [0.25, 0.3) is 0 Å². The summed E-state index contributed by atoms with van der Waals surface area (Å²) in [5.74, 6) is -0.558. The first-order valence-electron chi connectivity index (χ1n) is 15.3. The zero-order chi connectivity index (χ0) is 33.1. The lowest BCUT2D eigenvalue weighted by molar-refractivity contribution is -0.140. The molecule has 1 N–H and O–H groups in total. The minimum atomic E-state index is -4.29. The van der Waals surface area contributed by atoms with Gasteiger partial charge in [0.1, 0.15) is 18.3 Å². The number of hydrogen-bond donors (Lipinski definition) is 1. The minimum absolute atomic E-state index is 0.0408. The second-order valence-corrected chi connectivity index (χ2v) is 13.2. The number of hydrogen-bond acceptors (Lipinski definition) is 5. The van der Waals surface area contributed by atoms with Crippen LogP contribution in [0.5, 0.6) is 5.75 Å². The van der Waals surface area contributed by atoms with Crippen LogP contribution < -0.4 is 14.4 Å². The number of halogens is 1. The van der Waals surface area contributed by atoms with Crippen LogP contribution >= 0.6 is 11.6 Å². The molecule has 0 aliphatic carbocycles. The fraction of sp³-hybridized carbons (Fsp3) is 0.278. The number of para-hydroxylation sites is 2. The van der Waals surface area contributed by atoms with Crippen LogP contribution in [0.3, 0.4) is 0 Å². The predicted octanol–water partition coefficient (Wildman–Crippen LogP) is 6.49. The molecule has 46 heavy (non-hydrogen) atoms. The summed E-state index contributed by atoms with van der Waals surface area (Å²) in [4.78, 5) is 30.0. The lowest BCUT2D eigenvalue weighted by atomic mass is 10.0. The average molecular weight is 662 g/mol. The van der Waals surface area contributed by atoms with Gasteiger partial charge in [-0.1, -0.05) is 91.3 Å². The molecule has 0 aromatic heterocycles. The van der Waals surface area contributed by atoms with Crippen LogP contribution in [0.1, 0.15) is 38.3 Å². The molecule has 2 amide bonds. The lowest BCUT2D eigenvalue weighted by Gasteiger charge is -2.34. The first kappa shape index (κ1) is 34.5. The number of sulfonamides is 1. The molecule has 242 valence electrons. The van der Waals surface area contributed by atoms with Gasteiger partial charge in [-0.05, 0) is 67.8 Å². The van der Waals surface area contributed by atoms with Crippen molar-refractivity contribution < 1.29 is 22.7 Å². The van der Waals surface area contributed by atoms with E-state index in [4.69, 9.17) is 16.3 Å². The number of benzene rings is 4. The fourth-order valence-corrected chi connectivity index (χ4v) is 6.51. The topological polar surface area (TPSA) is 96.0 Å². The van der Waals surface area contributed by atoms with Crippen molar-refractivity contribution in [3.8, 4) is 5.75 Å². The number of anilines is 1. The van der Waals surface area contributed by atoms with Crippen molar-refractivity contribution >= 4 is 39.1 Å². The highest BCUT2D eigenvalue weighted by atomic mass is 35.5. The Labute approximate surface area is 277 Å². The predicted molar refractivity (Wildman–Crippen MR) is 182 cm³/mol.